The average molecular weight is 485 g/mol. The molecule has 2 aliphatic rings. The largest absolute Gasteiger partial charge is 0.354 e. The first-order valence-electron chi connectivity index (χ1n) is 12.5. The summed E-state index contributed by atoms with van der Waals surface area (Å²) in [6.07, 6.45) is 1.68. The van der Waals surface area contributed by atoms with Crippen LogP contribution in [-0.4, -0.2) is 59.4 Å². The number of piperazine rings is 1. The van der Waals surface area contributed by atoms with Gasteiger partial charge in [-0.25, -0.2) is 9.97 Å². The maximum Gasteiger partial charge on any atom is 0.230 e. The van der Waals surface area contributed by atoms with Crippen molar-refractivity contribution in [1.29, 1.82) is 0 Å². The van der Waals surface area contributed by atoms with Crippen LogP contribution in [0.2, 0.25) is 0 Å². The zero-order valence-corrected chi connectivity index (χ0v) is 20.9. The minimum Gasteiger partial charge on any atom is -0.354 e. The van der Waals surface area contributed by atoms with Gasteiger partial charge in [-0.05, 0) is 42.7 Å². The Hall–Kier alpha value is -3.78. The highest BCUT2D eigenvalue weighted by molar-refractivity contribution is 6.03. The van der Waals surface area contributed by atoms with Crippen molar-refractivity contribution in [3.63, 3.8) is 0 Å². The minimum atomic E-state index is -0.418. The Morgan fingerprint density at radius 2 is 1.75 bits per heavy atom. The molecule has 2 amide bonds. The molecule has 0 spiro atoms. The second kappa shape index (κ2) is 10.5. The predicted octanol–water partition coefficient (Wildman–Crippen LogP) is 3.41. The van der Waals surface area contributed by atoms with E-state index in [4.69, 9.17) is 0 Å². The van der Waals surface area contributed by atoms with Gasteiger partial charge in [-0.15, -0.1) is 0 Å². The molecule has 2 aliphatic heterocycles. The van der Waals surface area contributed by atoms with E-state index in [0.717, 1.165) is 49.8 Å². The number of rotatable bonds is 6. The van der Waals surface area contributed by atoms with Crippen LogP contribution in [0.1, 0.15) is 23.1 Å². The van der Waals surface area contributed by atoms with Crippen LogP contribution in [0.4, 0.5) is 17.3 Å². The number of carbonyl (C=O) groups excluding carboxylic acids is 2. The van der Waals surface area contributed by atoms with Crippen LogP contribution >= 0.6 is 0 Å². The molecule has 3 aromatic rings. The van der Waals surface area contributed by atoms with Crippen molar-refractivity contribution in [3.05, 3.63) is 77.6 Å². The van der Waals surface area contributed by atoms with Gasteiger partial charge in [0, 0.05) is 57.4 Å². The van der Waals surface area contributed by atoms with E-state index in [-0.39, 0.29) is 18.2 Å². The number of carbonyl (C=O) groups is 2. The van der Waals surface area contributed by atoms with Gasteiger partial charge in [0.05, 0.1) is 5.92 Å². The summed E-state index contributed by atoms with van der Waals surface area (Å²) in [4.78, 5) is 40.7. The third-order valence-electron chi connectivity index (χ3n) is 7.15. The molecule has 1 atom stereocenters. The normalized spacial score (nSPS) is 18.5. The Labute approximate surface area is 212 Å². The Balaban J connectivity index is 1.17. The van der Waals surface area contributed by atoms with E-state index in [0.29, 0.717) is 12.4 Å². The molecule has 0 radical (unpaired) electrons. The Morgan fingerprint density at radius 3 is 2.50 bits per heavy atom. The number of hydrogen-bond acceptors (Lipinski definition) is 6. The second-order valence-corrected chi connectivity index (χ2v) is 9.67. The fraction of sp³-hybridized carbons (Fsp3) is 0.357. The molecular formula is C28H32N6O2. The van der Waals surface area contributed by atoms with E-state index in [1.165, 1.54) is 17.5 Å². The van der Waals surface area contributed by atoms with Gasteiger partial charge in [-0.1, -0.05) is 36.4 Å². The summed E-state index contributed by atoms with van der Waals surface area (Å²) in [6, 6.07) is 18.3. The van der Waals surface area contributed by atoms with Crippen molar-refractivity contribution in [3.8, 4) is 0 Å². The molecule has 186 valence electrons. The van der Waals surface area contributed by atoms with Crippen molar-refractivity contribution in [2.45, 2.75) is 26.8 Å². The fourth-order valence-corrected chi connectivity index (χ4v) is 4.82. The SMILES string of the molecule is Cc1ccc(N2CC(C(=O)Nc3cc(N4CCN(Cc5ccccc5)CC4)ncn3)CC2=O)cc1C. The zero-order chi connectivity index (χ0) is 25.1. The molecule has 1 unspecified atom stereocenters. The maximum atomic E-state index is 13.0. The molecule has 2 saturated heterocycles. The average Bonchev–Trinajstić information content (AvgIpc) is 3.29. The maximum absolute atomic E-state index is 13.0. The number of anilines is 3. The molecular weight excluding hydrogens is 452 g/mol. The number of aryl methyl sites for hydroxylation is 2. The van der Waals surface area contributed by atoms with Gasteiger partial charge in [-0.2, -0.15) is 0 Å². The molecule has 3 heterocycles. The Kier molecular flexibility index (Phi) is 6.95. The van der Waals surface area contributed by atoms with Gasteiger partial charge in [0.25, 0.3) is 0 Å². The van der Waals surface area contributed by atoms with Gasteiger partial charge in [-0.3, -0.25) is 14.5 Å². The van der Waals surface area contributed by atoms with Gasteiger partial charge in [0.2, 0.25) is 11.8 Å². The zero-order valence-electron chi connectivity index (χ0n) is 20.9. The summed E-state index contributed by atoms with van der Waals surface area (Å²) < 4.78 is 0. The van der Waals surface area contributed by atoms with Gasteiger partial charge < -0.3 is 15.1 Å². The minimum absolute atomic E-state index is 0.0323. The molecule has 2 aromatic carbocycles. The molecule has 8 heteroatoms. The molecule has 0 saturated carbocycles. The van der Waals surface area contributed by atoms with Crippen LogP contribution in [0.15, 0.2) is 60.9 Å². The number of nitrogens with zero attached hydrogens (tertiary/aromatic N) is 5. The summed E-state index contributed by atoms with van der Waals surface area (Å²) in [5.41, 5.74) is 4.47. The molecule has 36 heavy (non-hydrogen) atoms. The van der Waals surface area contributed by atoms with E-state index in [2.05, 4.69) is 49.4 Å². The number of hydrogen-bond donors (Lipinski definition) is 1. The Bertz CT molecular complexity index is 1240. The van der Waals surface area contributed by atoms with Crippen molar-refractivity contribution >= 4 is 29.1 Å². The van der Waals surface area contributed by atoms with Crippen molar-refractivity contribution in [1.82, 2.24) is 14.9 Å². The van der Waals surface area contributed by atoms with Crippen LogP contribution in [0.25, 0.3) is 0 Å². The molecule has 2 fully saturated rings. The number of benzene rings is 2. The van der Waals surface area contributed by atoms with Crippen molar-refractivity contribution in [2.75, 3.05) is 47.8 Å². The van der Waals surface area contributed by atoms with Crippen LogP contribution in [-0.2, 0) is 16.1 Å². The van der Waals surface area contributed by atoms with Crippen LogP contribution < -0.4 is 15.1 Å². The summed E-state index contributed by atoms with van der Waals surface area (Å²) in [7, 11) is 0. The molecule has 1 N–H and O–H groups in total. The fourth-order valence-electron chi connectivity index (χ4n) is 4.82. The van der Waals surface area contributed by atoms with E-state index >= 15 is 0 Å². The molecule has 8 nitrogen and oxygen atoms in total. The number of nitrogens with one attached hydrogen (secondary N) is 1. The summed E-state index contributed by atoms with van der Waals surface area (Å²) in [5, 5.41) is 2.91. The summed E-state index contributed by atoms with van der Waals surface area (Å²) in [5.74, 6) is 0.633. The standard InChI is InChI=1S/C28H32N6O2/c1-20-8-9-24(14-21(20)2)34-18-23(15-27(34)35)28(36)31-25-16-26(30-19-29-25)33-12-10-32(11-13-33)17-22-6-4-3-5-7-22/h3-9,14,16,19,23H,10-13,15,17-18H2,1-2H3,(H,29,30,31,36). The third-order valence-corrected chi connectivity index (χ3v) is 7.15. The van der Waals surface area contributed by atoms with E-state index in [9.17, 15) is 9.59 Å². The molecule has 1 aromatic heterocycles. The van der Waals surface area contributed by atoms with E-state index < -0.39 is 5.92 Å². The van der Waals surface area contributed by atoms with Crippen molar-refractivity contribution in [2.24, 2.45) is 5.92 Å². The summed E-state index contributed by atoms with van der Waals surface area (Å²) in [6.45, 7) is 8.99. The van der Waals surface area contributed by atoms with E-state index in [1.54, 1.807) is 4.90 Å². The van der Waals surface area contributed by atoms with Gasteiger partial charge >= 0.3 is 0 Å². The Morgan fingerprint density at radius 1 is 0.972 bits per heavy atom. The smallest absolute Gasteiger partial charge is 0.230 e. The van der Waals surface area contributed by atoms with Gasteiger partial charge in [0.1, 0.15) is 18.0 Å². The molecule has 0 aliphatic carbocycles. The third kappa shape index (κ3) is 5.39. The number of amides is 2. The lowest BCUT2D eigenvalue weighted by molar-refractivity contribution is -0.122. The highest BCUT2D eigenvalue weighted by Gasteiger charge is 2.35. The predicted molar refractivity (Wildman–Crippen MR) is 141 cm³/mol. The van der Waals surface area contributed by atoms with Crippen LogP contribution in [0, 0.1) is 19.8 Å². The highest BCUT2D eigenvalue weighted by Crippen LogP contribution is 2.28. The topological polar surface area (TPSA) is 81.7 Å². The van der Waals surface area contributed by atoms with Crippen LogP contribution in [0.5, 0.6) is 0 Å². The van der Waals surface area contributed by atoms with Crippen molar-refractivity contribution < 1.29 is 9.59 Å². The second-order valence-electron chi connectivity index (χ2n) is 9.67. The lowest BCUT2D eigenvalue weighted by Gasteiger charge is -2.35. The lowest BCUT2D eigenvalue weighted by Crippen LogP contribution is -2.46. The van der Waals surface area contributed by atoms with Gasteiger partial charge in [0.15, 0.2) is 0 Å². The van der Waals surface area contributed by atoms with Crippen LogP contribution in [0.3, 0.4) is 0 Å². The first-order chi connectivity index (χ1) is 17.5. The molecule has 0 bridgehead atoms. The number of aromatic nitrogens is 2. The summed E-state index contributed by atoms with van der Waals surface area (Å²) >= 11 is 0. The first kappa shape index (κ1) is 23.9. The quantitative estimate of drug-likeness (QED) is 0.578. The highest BCUT2D eigenvalue weighted by atomic mass is 16.2. The first-order valence-corrected chi connectivity index (χ1v) is 12.5. The monoisotopic (exact) mass is 484 g/mol. The van der Waals surface area contributed by atoms with E-state index in [1.807, 2.05) is 44.2 Å². The lowest BCUT2D eigenvalue weighted by atomic mass is 10.1. The molecule has 5 rings (SSSR count).